The molecule has 1 N–H and O–H groups in total. The third kappa shape index (κ3) is 6.04. The first kappa shape index (κ1) is 24.3. The third-order valence-electron chi connectivity index (χ3n) is 7.27. The van der Waals surface area contributed by atoms with Crippen molar-refractivity contribution in [3.05, 3.63) is 59.8 Å². The lowest BCUT2D eigenvalue weighted by molar-refractivity contribution is 0.337. The number of benzene rings is 1. The summed E-state index contributed by atoms with van der Waals surface area (Å²) >= 11 is 0. The van der Waals surface area contributed by atoms with Gasteiger partial charge in [0, 0.05) is 31.1 Å². The van der Waals surface area contributed by atoms with Crippen LogP contribution >= 0.6 is 0 Å². The van der Waals surface area contributed by atoms with Gasteiger partial charge in [0.25, 0.3) is 0 Å². The van der Waals surface area contributed by atoms with E-state index in [-0.39, 0.29) is 0 Å². The molecule has 1 fully saturated rings. The van der Waals surface area contributed by atoms with Crippen molar-refractivity contribution in [1.29, 1.82) is 0 Å². The van der Waals surface area contributed by atoms with E-state index < -0.39 is 0 Å². The van der Waals surface area contributed by atoms with Crippen LogP contribution in [-0.2, 0) is 19.4 Å². The Morgan fingerprint density at radius 1 is 1.03 bits per heavy atom. The van der Waals surface area contributed by atoms with Gasteiger partial charge in [-0.2, -0.15) is 5.10 Å². The highest BCUT2D eigenvalue weighted by Crippen LogP contribution is 2.29. The van der Waals surface area contributed by atoms with E-state index in [9.17, 15) is 0 Å². The summed E-state index contributed by atoms with van der Waals surface area (Å²) in [6.45, 7) is 3.19. The van der Waals surface area contributed by atoms with E-state index in [1.807, 2.05) is 12.1 Å². The summed E-state index contributed by atoms with van der Waals surface area (Å²) in [4.78, 5) is 9.51. The van der Waals surface area contributed by atoms with Gasteiger partial charge in [-0.05, 0) is 46.4 Å². The number of aromatic amines is 1. The van der Waals surface area contributed by atoms with Crippen LogP contribution in [0.3, 0.4) is 0 Å². The van der Waals surface area contributed by atoms with Gasteiger partial charge in [-0.25, -0.2) is 14.8 Å². The quantitative estimate of drug-likeness (QED) is 0.270. The second kappa shape index (κ2) is 12.0. The molecule has 1 aromatic carbocycles. The lowest BCUT2D eigenvalue weighted by Gasteiger charge is -2.20. The number of pyridine rings is 1. The zero-order valence-corrected chi connectivity index (χ0v) is 21.2. The SMILES string of the molecule is CCCCCn1nc(CCC2CCCCC2)nc1Cc1ccc(-c2cccnc2-c2nnn[nH]2)cc1. The summed E-state index contributed by atoms with van der Waals surface area (Å²) in [7, 11) is 0. The van der Waals surface area contributed by atoms with Gasteiger partial charge in [0.1, 0.15) is 11.5 Å². The predicted octanol–water partition coefficient (Wildman–Crippen LogP) is 5.81. The summed E-state index contributed by atoms with van der Waals surface area (Å²) in [6.07, 6.45) is 15.3. The number of hydrogen-bond donors (Lipinski definition) is 1. The largest absolute Gasteiger partial charge is 0.252 e. The summed E-state index contributed by atoms with van der Waals surface area (Å²) < 4.78 is 2.16. The van der Waals surface area contributed by atoms with Crippen molar-refractivity contribution < 1.29 is 0 Å². The normalized spacial score (nSPS) is 14.4. The Kier molecular flexibility index (Phi) is 8.10. The Morgan fingerprint density at radius 2 is 1.89 bits per heavy atom. The minimum atomic E-state index is 0.565. The number of unbranched alkanes of at least 4 members (excludes halogenated alkanes) is 2. The predicted molar refractivity (Wildman–Crippen MR) is 140 cm³/mol. The Labute approximate surface area is 213 Å². The summed E-state index contributed by atoms with van der Waals surface area (Å²) in [5.41, 5.74) is 4.05. The van der Waals surface area contributed by atoms with Crippen LogP contribution in [0, 0.1) is 5.92 Å². The molecule has 0 saturated heterocycles. The van der Waals surface area contributed by atoms with Crippen LogP contribution in [0.25, 0.3) is 22.6 Å². The molecule has 0 radical (unpaired) electrons. The maximum Gasteiger partial charge on any atom is 0.198 e. The molecule has 188 valence electrons. The van der Waals surface area contributed by atoms with Crippen molar-refractivity contribution in [3.8, 4) is 22.6 Å². The number of aromatic nitrogens is 8. The van der Waals surface area contributed by atoms with Crippen LogP contribution < -0.4 is 0 Å². The second-order valence-corrected chi connectivity index (χ2v) is 9.94. The zero-order valence-electron chi connectivity index (χ0n) is 21.2. The monoisotopic (exact) mass is 484 g/mol. The molecule has 1 saturated carbocycles. The lowest BCUT2D eigenvalue weighted by atomic mass is 9.86. The topological polar surface area (TPSA) is 98.1 Å². The van der Waals surface area contributed by atoms with E-state index in [4.69, 9.17) is 10.1 Å². The van der Waals surface area contributed by atoms with Gasteiger partial charge >= 0.3 is 0 Å². The summed E-state index contributed by atoms with van der Waals surface area (Å²) in [5.74, 6) is 3.51. The first-order chi connectivity index (χ1) is 17.8. The van der Waals surface area contributed by atoms with Crippen LogP contribution in [0.5, 0.6) is 0 Å². The molecule has 0 atom stereocenters. The average Bonchev–Trinajstić information content (AvgIpc) is 3.59. The van der Waals surface area contributed by atoms with Crippen molar-refractivity contribution in [2.24, 2.45) is 5.92 Å². The van der Waals surface area contributed by atoms with E-state index in [1.165, 1.54) is 56.9 Å². The van der Waals surface area contributed by atoms with Gasteiger partial charge < -0.3 is 0 Å². The molecule has 5 rings (SSSR count). The molecule has 3 aromatic heterocycles. The fourth-order valence-corrected chi connectivity index (χ4v) is 5.23. The van der Waals surface area contributed by atoms with E-state index in [0.29, 0.717) is 5.82 Å². The van der Waals surface area contributed by atoms with Gasteiger partial charge in [0.2, 0.25) is 0 Å². The van der Waals surface area contributed by atoms with Crippen molar-refractivity contribution in [2.75, 3.05) is 0 Å². The molecule has 0 unspecified atom stereocenters. The minimum absolute atomic E-state index is 0.565. The highest BCUT2D eigenvalue weighted by molar-refractivity contribution is 5.77. The fourth-order valence-electron chi connectivity index (χ4n) is 5.23. The van der Waals surface area contributed by atoms with Crippen molar-refractivity contribution >= 4 is 0 Å². The van der Waals surface area contributed by atoms with Gasteiger partial charge in [-0.1, -0.05) is 82.2 Å². The first-order valence-corrected chi connectivity index (χ1v) is 13.5. The van der Waals surface area contributed by atoms with Crippen LogP contribution in [0.4, 0.5) is 0 Å². The van der Waals surface area contributed by atoms with Crippen LogP contribution in [-0.4, -0.2) is 40.4 Å². The maximum absolute atomic E-state index is 5.01. The number of nitrogens with zero attached hydrogens (tertiary/aromatic N) is 7. The molecule has 4 aromatic rings. The summed E-state index contributed by atoms with van der Waals surface area (Å²) in [6, 6.07) is 12.6. The first-order valence-electron chi connectivity index (χ1n) is 13.5. The van der Waals surface area contributed by atoms with Gasteiger partial charge in [0.15, 0.2) is 11.6 Å². The van der Waals surface area contributed by atoms with Gasteiger partial charge in [-0.15, -0.1) is 5.10 Å². The number of aryl methyl sites for hydroxylation is 2. The molecule has 8 nitrogen and oxygen atoms in total. The van der Waals surface area contributed by atoms with E-state index in [2.05, 4.69) is 61.5 Å². The molecule has 8 heteroatoms. The molecular formula is C28H36N8. The molecule has 0 bridgehead atoms. The Morgan fingerprint density at radius 3 is 2.67 bits per heavy atom. The van der Waals surface area contributed by atoms with Crippen LogP contribution in [0.2, 0.25) is 0 Å². The number of H-pyrrole nitrogens is 1. The van der Waals surface area contributed by atoms with Gasteiger partial charge in [-0.3, -0.25) is 4.98 Å². The molecule has 0 aliphatic heterocycles. The zero-order chi connectivity index (χ0) is 24.6. The Bertz CT molecular complexity index is 1210. The van der Waals surface area contributed by atoms with Crippen molar-refractivity contribution in [3.63, 3.8) is 0 Å². The number of rotatable bonds is 11. The van der Waals surface area contributed by atoms with Crippen LogP contribution in [0.1, 0.15) is 81.9 Å². The average molecular weight is 485 g/mol. The fraction of sp³-hybridized carbons (Fsp3) is 0.500. The highest BCUT2D eigenvalue weighted by Gasteiger charge is 2.17. The van der Waals surface area contributed by atoms with E-state index in [0.717, 1.165) is 60.2 Å². The van der Waals surface area contributed by atoms with Crippen molar-refractivity contribution in [1.82, 2.24) is 40.4 Å². The Balaban J connectivity index is 1.31. The Hall–Kier alpha value is -3.42. The minimum Gasteiger partial charge on any atom is -0.252 e. The third-order valence-corrected chi connectivity index (χ3v) is 7.27. The molecule has 1 aliphatic carbocycles. The number of hydrogen-bond acceptors (Lipinski definition) is 6. The highest BCUT2D eigenvalue weighted by atomic mass is 15.5. The smallest absolute Gasteiger partial charge is 0.198 e. The van der Waals surface area contributed by atoms with E-state index in [1.54, 1.807) is 6.20 Å². The standard InChI is InChI=1S/C28H36N8/c1-2-3-7-19-36-26(30-25(33-36)17-14-21-9-5-4-6-10-21)20-22-12-15-23(16-13-22)24-11-8-18-29-27(24)28-31-34-35-32-28/h8,11-13,15-16,18,21H,2-7,9-10,14,17,19-20H2,1H3,(H,31,32,34,35). The number of nitrogens with one attached hydrogen (secondary N) is 1. The second-order valence-electron chi connectivity index (χ2n) is 9.94. The maximum atomic E-state index is 5.01. The molecule has 1 aliphatic rings. The van der Waals surface area contributed by atoms with Crippen molar-refractivity contribution in [2.45, 2.75) is 84.1 Å². The molecule has 36 heavy (non-hydrogen) atoms. The molecular weight excluding hydrogens is 448 g/mol. The van der Waals surface area contributed by atoms with Crippen LogP contribution in [0.15, 0.2) is 42.6 Å². The lowest BCUT2D eigenvalue weighted by Crippen LogP contribution is -2.08. The number of tetrazole rings is 1. The van der Waals surface area contributed by atoms with Gasteiger partial charge in [0.05, 0.1) is 0 Å². The molecule has 3 heterocycles. The molecule has 0 spiro atoms. The van der Waals surface area contributed by atoms with E-state index >= 15 is 0 Å². The summed E-state index contributed by atoms with van der Waals surface area (Å²) in [5, 5.41) is 19.2. The molecule has 0 amide bonds.